The van der Waals surface area contributed by atoms with Gasteiger partial charge in [-0.3, -0.25) is 19.3 Å². The molecule has 6 nitrogen and oxygen atoms in total. The summed E-state index contributed by atoms with van der Waals surface area (Å²) in [6, 6.07) is 4.30. The summed E-state index contributed by atoms with van der Waals surface area (Å²) in [7, 11) is 4.14. The van der Waals surface area contributed by atoms with E-state index in [4.69, 9.17) is 0 Å². The quantitative estimate of drug-likeness (QED) is 0.683. The highest BCUT2D eigenvalue weighted by Gasteiger charge is 2.47. The van der Waals surface area contributed by atoms with Gasteiger partial charge in [0.1, 0.15) is 6.04 Å². The van der Waals surface area contributed by atoms with Gasteiger partial charge in [0, 0.05) is 13.0 Å². The summed E-state index contributed by atoms with van der Waals surface area (Å²) in [5.74, 6) is -0.522. The predicted molar refractivity (Wildman–Crippen MR) is 99.7 cm³/mol. The van der Waals surface area contributed by atoms with E-state index in [0.29, 0.717) is 6.54 Å². The Hall–Kier alpha value is -1.73. The van der Waals surface area contributed by atoms with Gasteiger partial charge < -0.3 is 10.2 Å². The molecule has 2 aliphatic rings. The topological polar surface area (TPSA) is 70.9 Å². The van der Waals surface area contributed by atoms with E-state index in [1.54, 1.807) is 11.3 Å². The van der Waals surface area contributed by atoms with Gasteiger partial charge in [-0.1, -0.05) is 18.9 Å². The normalized spacial score (nSPS) is 24.0. The monoisotopic (exact) mass is 378 g/mol. The van der Waals surface area contributed by atoms with Gasteiger partial charge in [-0.15, -0.1) is 11.3 Å². The molecule has 1 aromatic heterocycles. The first-order valence-electron chi connectivity index (χ1n) is 9.44. The zero-order chi connectivity index (χ0) is 18.7. The number of thiophene rings is 1. The van der Waals surface area contributed by atoms with Gasteiger partial charge in [-0.25, -0.2) is 0 Å². The number of nitrogens with one attached hydrogen (secondary N) is 2. The maximum Gasteiger partial charge on any atom is 0.233 e. The van der Waals surface area contributed by atoms with Gasteiger partial charge in [0.25, 0.3) is 0 Å². The second-order valence-electron chi connectivity index (χ2n) is 7.52. The molecule has 0 unspecified atom stereocenters. The Bertz CT molecular complexity index is 635. The maximum absolute atomic E-state index is 12.4. The molecule has 3 rings (SSSR count). The molecule has 1 aromatic rings. The SMILES string of the molecule is C[NH+](C)[C@@H](CNC(=O)CCN1C(=O)[C@H]2CCCC[C@H]2C1=O)c1cccs1. The molecule has 2 heterocycles. The van der Waals surface area contributed by atoms with Crippen LogP contribution in [0.2, 0.25) is 0 Å². The molecule has 1 saturated heterocycles. The summed E-state index contributed by atoms with van der Waals surface area (Å²) in [6.07, 6.45) is 3.84. The molecule has 0 spiro atoms. The number of nitrogens with zero attached hydrogens (tertiary/aromatic N) is 1. The Morgan fingerprint density at radius 1 is 1.27 bits per heavy atom. The number of hydrogen-bond donors (Lipinski definition) is 2. The first-order chi connectivity index (χ1) is 12.5. The van der Waals surface area contributed by atoms with Gasteiger partial charge in [-0.05, 0) is 24.3 Å². The molecule has 0 radical (unpaired) electrons. The van der Waals surface area contributed by atoms with Crippen molar-refractivity contribution in [3.8, 4) is 0 Å². The zero-order valence-electron chi connectivity index (χ0n) is 15.5. The summed E-state index contributed by atoms with van der Waals surface area (Å²) < 4.78 is 0. The number of quaternary nitrogens is 1. The number of amides is 3. The second kappa shape index (κ2) is 8.31. The van der Waals surface area contributed by atoms with Gasteiger partial charge in [0.15, 0.2) is 0 Å². The smallest absolute Gasteiger partial charge is 0.233 e. The Labute approximate surface area is 158 Å². The van der Waals surface area contributed by atoms with Gasteiger partial charge >= 0.3 is 0 Å². The lowest BCUT2D eigenvalue weighted by molar-refractivity contribution is -0.890. The number of likely N-dealkylation sites (tertiary alicyclic amines) is 1. The van der Waals surface area contributed by atoms with E-state index in [1.807, 2.05) is 11.4 Å². The molecule has 1 saturated carbocycles. The number of rotatable bonds is 7. The Morgan fingerprint density at radius 2 is 1.92 bits per heavy atom. The number of fused-ring (bicyclic) bond motifs is 1. The van der Waals surface area contributed by atoms with Gasteiger partial charge in [-0.2, -0.15) is 0 Å². The third-order valence-corrected chi connectivity index (χ3v) is 6.57. The van der Waals surface area contributed by atoms with Crippen molar-refractivity contribution in [3.05, 3.63) is 22.4 Å². The lowest BCUT2D eigenvalue weighted by Crippen LogP contribution is -3.06. The molecule has 3 amide bonds. The molecule has 1 aliphatic heterocycles. The highest BCUT2D eigenvalue weighted by molar-refractivity contribution is 7.10. The Kier molecular flexibility index (Phi) is 6.09. The lowest BCUT2D eigenvalue weighted by atomic mass is 9.81. The highest BCUT2D eigenvalue weighted by atomic mass is 32.1. The van der Waals surface area contributed by atoms with Crippen molar-refractivity contribution < 1.29 is 19.3 Å². The fourth-order valence-electron chi connectivity index (χ4n) is 4.05. The fraction of sp³-hybridized carbons (Fsp3) is 0.632. The molecule has 26 heavy (non-hydrogen) atoms. The molecule has 2 N–H and O–H groups in total. The first-order valence-corrected chi connectivity index (χ1v) is 10.3. The molecule has 7 heteroatoms. The van der Waals surface area contributed by atoms with E-state index in [-0.39, 0.29) is 48.6 Å². The average Bonchev–Trinajstić information content (AvgIpc) is 3.22. The van der Waals surface area contributed by atoms with Crippen molar-refractivity contribution in [2.45, 2.75) is 38.1 Å². The molecule has 0 bridgehead atoms. The molecule has 0 aromatic carbocycles. The standard InChI is InChI=1S/C19H27N3O3S/c1-21(2)15(16-8-5-11-26-16)12-20-17(23)9-10-22-18(24)13-6-3-4-7-14(13)19(22)25/h5,8,11,13-15H,3-4,6-7,9-10,12H2,1-2H3,(H,20,23)/p+1/t13-,14+,15-/m0/s1. The number of imide groups is 1. The minimum atomic E-state index is -0.139. The largest absolute Gasteiger partial charge is 0.350 e. The van der Waals surface area contributed by atoms with Crippen molar-refractivity contribution in [3.63, 3.8) is 0 Å². The third-order valence-electron chi connectivity index (χ3n) is 5.58. The van der Waals surface area contributed by atoms with Crippen LogP contribution in [0.15, 0.2) is 17.5 Å². The molecule has 142 valence electrons. The van der Waals surface area contributed by atoms with E-state index in [0.717, 1.165) is 25.7 Å². The van der Waals surface area contributed by atoms with E-state index in [2.05, 4.69) is 25.5 Å². The van der Waals surface area contributed by atoms with Crippen molar-refractivity contribution in [1.29, 1.82) is 0 Å². The van der Waals surface area contributed by atoms with E-state index in [1.165, 1.54) is 14.7 Å². The lowest BCUT2D eigenvalue weighted by Gasteiger charge is -2.21. The molecule has 2 fully saturated rings. The summed E-state index contributed by atoms with van der Waals surface area (Å²) in [4.78, 5) is 41.0. The summed E-state index contributed by atoms with van der Waals surface area (Å²) in [5, 5.41) is 5.01. The Balaban J connectivity index is 1.49. The van der Waals surface area contributed by atoms with Crippen LogP contribution in [0.4, 0.5) is 0 Å². The third kappa shape index (κ3) is 3.99. The van der Waals surface area contributed by atoms with Crippen molar-refractivity contribution >= 4 is 29.1 Å². The Morgan fingerprint density at radius 3 is 2.46 bits per heavy atom. The van der Waals surface area contributed by atoms with E-state index >= 15 is 0 Å². The molecular formula is C19H28N3O3S+. The maximum atomic E-state index is 12.4. The van der Waals surface area contributed by atoms with Gasteiger partial charge in [0.05, 0.1) is 37.4 Å². The summed E-state index contributed by atoms with van der Waals surface area (Å²) in [5.41, 5.74) is 0. The van der Waals surface area contributed by atoms with E-state index < -0.39 is 0 Å². The molecular weight excluding hydrogens is 350 g/mol. The number of likely N-dealkylation sites (N-methyl/N-ethyl adjacent to an activating group) is 1. The van der Waals surface area contributed by atoms with Gasteiger partial charge in [0.2, 0.25) is 17.7 Å². The fourth-order valence-corrected chi connectivity index (χ4v) is 5.00. The van der Waals surface area contributed by atoms with Crippen LogP contribution in [0, 0.1) is 11.8 Å². The van der Waals surface area contributed by atoms with E-state index in [9.17, 15) is 14.4 Å². The minimum Gasteiger partial charge on any atom is -0.350 e. The van der Waals surface area contributed by atoms with Crippen LogP contribution < -0.4 is 10.2 Å². The summed E-state index contributed by atoms with van der Waals surface area (Å²) in [6.45, 7) is 0.754. The number of carbonyl (C=O) groups is 3. The number of hydrogen-bond acceptors (Lipinski definition) is 4. The molecule has 1 aliphatic carbocycles. The van der Waals surface area contributed by atoms with Crippen molar-refractivity contribution in [2.75, 3.05) is 27.2 Å². The van der Waals surface area contributed by atoms with Crippen LogP contribution in [-0.4, -0.2) is 49.8 Å². The highest BCUT2D eigenvalue weighted by Crippen LogP contribution is 2.37. The first kappa shape index (κ1) is 19.0. The van der Waals surface area contributed by atoms with Crippen LogP contribution in [0.1, 0.15) is 43.0 Å². The van der Waals surface area contributed by atoms with Crippen LogP contribution in [0.25, 0.3) is 0 Å². The van der Waals surface area contributed by atoms with Crippen molar-refractivity contribution in [2.24, 2.45) is 11.8 Å². The zero-order valence-corrected chi connectivity index (χ0v) is 16.3. The molecule has 3 atom stereocenters. The average molecular weight is 379 g/mol. The minimum absolute atomic E-state index is 0.0679. The van der Waals surface area contributed by atoms with Crippen LogP contribution in [0.5, 0.6) is 0 Å². The van der Waals surface area contributed by atoms with Crippen molar-refractivity contribution in [1.82, 2.24) is 10.2 Å². The predicted octanol–water partition coefficient (Wildman–Crippen LogP) is 0.615. The van der Waals surface area contributed by atoms with Crippen LogP contribution >= 0.6 is 11.3 Å². The second-order valence-corrected chi connectivity index (χ2v) is 8.50. The number of carbonyl (C=O) groups excluding carboxylic acids is 3. The summed E-state index contributed by atoms with van der Waals surface area (Å²) >= 11 is 1.69. The van der Waals surface area contributed by atoms with Crippen LogP contribution in [-0.2, 0) is 14.4 Å². The van der Waals surface area contributed by atoms with Crippen LogP contribution in [0.3, 0.4) is 0 Å².